The van der Waals surface area contributed by atoms with E-state index in [0.717, 1.165) is 12.1 Å². The molecule has 0 aliphatic heterocycles. The van der Waals surface area contributed by atoms with Crippen molar-refractivity contribution in [1.29, 1.82) is 0 Å². The quantitative estimate of drug-likeness (QED) is 0.626. The minimum absolute atomic E-state index is 0.266. The monoisotopic (exact) mass is 260 g/mol. The number of amides is 1. The highest BCUT2D eigenvalue weighted by Gasteiger charge is 2.18. The lowest BCUT2D eigenvalue weighted by Gasteiger charge is -2.09. The van der Waals surface area contributed by atoms with Gasteiger partial charge in [-0.25, -0.2) is 13.2 Å². The van der Waals surface area contributed by atoms with Crippen LogP contribution >= 0.6 is 0 Å². The van der Waals surface area contributed by atoms with Gasteiger partial charge in [-0.1, -0.05) is 13.8 Å². The van der Waals surface area contributed by atoms with Crippen LogP contribution in [0.3, 0.4) is 0 Å². The van der Waals surface area contributed by atoms with Crippen molar-refractivity contribution >= 4 is 5.91 Å². The maximum absolute atomic E-state index is 13.3. The summed E-state index contributed by atoms with van der Waals surface area (Å²) in [6.07, 6.45) is 0. The number of hydrogen-bond acceptors (Lipinski definition) is 2. The first-order valence-corrected chi connectivity index (χ1v) is 5.58. The zero-order chi connectivity index (χ0) is 13.7. The predicted octanol–water partition coefficient (Wildman–Crippen LogP) is 1.83. The van der Waals surface area contributed by atoms with Gasteiger partial charge in [0.05, 0.1) is 5.56 Å². The molecular formula is C12H15F3N2O. The molecule has 0 aliphatic carbocycles. The standard InChI is InChI=1S/C12H15F3N2O/c1-7(2)16-5-6-17-12(18)8-3-4-9(13)11(15)10(8)14/h3-4,7,16H,5-6H2,1-2H3,(H,17,18). The summed E-state index contributed by atoms with van der Waals surface area (Å²) in [5, 5.41) is 5.46. The number of rotatable bonds is 5. The number of hydrogen-bond donors (Lipinski definition) is 2. The minimum atomic E-state index is -1.64. The molecular weight excluding hydrogens is 245 g/mol. The lowest BCUT2D eigenvalue weighted by atomic mass is 10.2. The molecule has 0 unspecified atom stereocenters. The molecule has 0 atom stereocenters. The summed E-state index contributed by atoms with van der Waals surface area (Å²) in [6.45, 7) is 4.66. The Balaban J connectivity index is 2.60. The second-order valence-electron chi connectivity index (χ2n) is 4.09. The molecule has 1 aromatic rings. The summed E-state index contributed by atoms with van der Waals surface area (Å²) in [7, 11) is 0. The second kappa shape index (κ2) is 6.39. The van der Waals surface area contributed by atoms with Crippen molar-refractivity contribution in [3.8, 4) is 0 Å². The Morgan fingerprint density at radius 3 is 2.44 bits per heavy atom. The van der Waals surface area contributed by atoms with Crippen LogP contribution in [-0.4, -0.2) is 25.0 Å². The van der Waals surface area contributed by atoms with Crippen LogP contribution in [0.2, 0.25) is 0 Å². The van der Waals surface area contributed by atoms with E-state index in [9.17, 15) is 18.0 Å². The van der Waals surface area contributed by atoms with Gasteiger partial charge in [0.25, 0.3) is 5.91 Å². The van der Waals surface area contributed by atoms with Gasteiger partial charge >= 0.3 is 0 Å². The Hall–Kier alpha value is -1.56. The summed E-state index contributed by atoms with van der Waals surface area (Å²) in [5.41, 5.74) is -0.501. The molecule has 0 bridgehead atoms. The third-order valence-corrected chi connectivity index (χ3v) is 2.24. The van der Waals surface area contributed by atoms with Crippen LogP contribution in [-0.2, 0) is 0 Å². The number of carbonyl (C=O) groups excluding carboxylic acids is 1. The van der Waals surface area contributed by atoms with Crippen molar-refractivity contribution in [2.24, 2.45) is 0 Å². The molecule has 0 aromatic heterocycles. The fourth-order valence-electron chi connectivity index (χ4n) is 1.33. The van der Waals surface area contributed by atoms with Crippen LogP contribution in [0.4, 0.5) is 13.2 Å². The number of benzene rings is 1. The van der Waals surface area contributed by atoms with E-state index in [4.69, 9.17) is 0 Å². The highest BCUT2D eigenvalue weighted by Crippen LogP contribution is 2.14. The SMILES string of the molecule is CC(C)NCCNC(=O)c1ccc(F)c(F)c1F. The third-order valence-electron chi connectivity index (χ3n) is 2.24. The molecule has 0 heterocycles. The molecule has 0 aliphatic rings. The molecule has 2 N–H and O–H groups in total. The van der Waals surface area contributed by atoms with Gasteiger partial charge in [0, 0.05) is 19.1 Å². The van der Waals surface area contributed by atoms with Crippen molar-refractivity contribution in [2.75, 3.05) is 13.1 Å². The van der Waals surface area contributed by atoms with Gasteiger partial charge in [-0.05, 0) is 12.1 Å². The average molecular weight is 260 g/mol. The summed E-state index contributed by atoms with van der Waals surface area (Å²) >= 11 is 0. The van der Waals surface area contributed by atoms with Crippen molar-refractivity contribution in [3.05, 3.63) is 35.1 Å². The lowest BCUT2D eigenvalue weighted by Crippen LogP contribution is -2.35. The molecule has 0 fully saturated rings. The largest absolute Gasteiger partial charge is 0.351 e. The van der Waals surface area contributed by atoms with Gasteiger partial charge in [-0.3, -0.25) is 4.79 Å². The molecule has 0 radical (unpaired) electrons. The molecule has 1 rings (SSSR count). The summed E-state index contributed by atoms with van der Waals surface area (Å²) < 4.78 is 38.8. The van der Waals surface area contributed by atoms with Gasteiger partial charge in [-0.2, -0.15) is 0 Å². The molecule has 100 valence electrons. The van der Waals surface area contributed by atoms with Crippen LogP contribution < -0.4 is 10.6 Å². The molecule has 0 saturated carbocycles. The Kier molecular flexibility index (Phi) is 5.15. The van der Waals surface area contributed by atoms with Gasteiger partial charge < -0.3 is 10.6 Å². The van der Waals surface area contributed by atoms with Crippen LogP contribution in [0.15, 0.2) is 12.1 Å². The van der Waals surface area contributed by atoms with Crippen molar-refractivity contribution < 1.29 is 18.0 Å². The molecule has 6 heteroatoms. The number of carbonyl (C=O) groups is 1. The molecule has 1 amide bonds. The minimum Gasteiger partial charge on any atom is -0.351 e. The smallest absolute Gasteiger partial charge is 0.254 e. The van der Waals surface area contributed by atoms with Crippen LogP contribution in [0.5, 0.6) is 0 Å². The van der Waals surface area contributed by atoms with Gasteiger partial charge in [-0.15, -0.1) is 0 Å². The van der Waals surface area contributed by atoms with E-state index in [0.29, 0.717) is 6.54 Å². The zero-order valence-electron chi connectivity index (χ0n) is 10.2. The molecule has 1 aromatic carbocycles. The van der Waals surface area contributed by atoms with Crippen LogP contribution in [0.1, 0.15) is 24.2 Å². The second-order valence-corrected chi connectivity index (χ2v) is 4.09. The normalized spacial score (nSPS) is 10.8. The maximum Gasteiger partial charge on any atom is 0.254 e. The van der Waals surface area contributed by atoms with E-state index in [1.54, 1.807) is 0 Å². The topological polar surface area (TPSA) is 41.1 Å². The van der Waals surface area contributed by atoms with E-state index < -0.39 is 28.9 Å². The summed E-state index contributed by atoms with van der Waals surface area (Å²) in [4.78, 5) is 11.5. The van der Waals surface area contributed by atoms with Gasteiger partial charge in [0.2, 0.25) is 0 Å². The van der Waals surface area contributed by atoms with E-state index in [1.807, 2.05) is 13.8 Å². The van der Waals surface area contributed by atoms with Gasteiger partial charge in [0.15, 0.2) is 17.5 Å². The zero-order valence-corrected chi connectivity index (χ0v) is 10.2. The van der Waals surface area contributed by atoms with Crippen molar-refractivity contribution in [1.82, 2.24) is 10.6 Å². The van der Waals surface area contributed by atoms with E-state index in [1.165, 1.54) is 0 Å². The highest BCUT2D eigenvalue weighted by molar-refractivity contribution is 5.94. The van der Waals surface area contributed by atoms with E-state index in [2.05, 4.69) is 10.6 Å². The molecule has 0 spiro atoms. The van der Waals surface area contributed by atoms with E-state index in [-0.39, 0.29) is 12.6 Å². The highest BCUT2D eigenvalue weighted by atomic mass is 19.2. The molecule has 0 saturated heterocycles. The Bertz CT molecular complexity index is 436. The maximum atomic E-state index is 13.3. The first kappa shape index (κ1) is 14.5. The van der Waals surface area contributed by atoms with Crippen LogP contribution in [0, 0.1) is 17.5 Å². The first-order valence-electron chi connectivity index (χ1n) is 5.58. The average Bonchev–Trinajstić information content (AvgIpc) is 2.31. The van der Waals surface area contributed by atoms with Gasteiger partial charge in [0.1, 0.15) is 0 Å². The third kappa shape index (κ3) is 3.73. The Morgan fingerprint density at radius 1 is 1.17 bits per heavy atom. The van der Waals surface area contributed by atoms with E-state index >= 15 is 0 Å². The number of nitrogens with one attached hydrogen (secondary N) is 2. The predicted molar refractivity (Wildman–Crippen MR) is 61.8 cm³/mol. The number of halogens is 3. The van der Waals surface area contributed by atoms with Crippen LogP contribution in [0.25, 0.3) is 0 Å². The Morgan fingerprint density at radius 2 is 1.83 bits per heavy atom. The van der Waals surface area contributed by atoms with Crippen molar-refractivity contribution in [2.45, 2.75) is 19.9 Å². The van der Waals surface area contributed by atoms with Crippen molar-refractivity contribution in [3.63, 3.8) is 0 Å². The fourth-order valence-corrected chi connectivity index (χ4v) is 1.33. The lowest BCUT2D eigenvalue weighted by molar-refractivity contribution is 0.0948. The fraction of sp³-hybridized carbons (Fsp3) is 0.417. The first-order chi connectivity index (χ1) is 8.43. The molecule has 3 nitrogen and oxygen atoms in total. The Labute approximate surface area is 103 Å². The summed E-state index contributed by atoms with van der Waals surface area (Å²) in [6, 6.07) is 1.90. The molecule has 18 heavy (non-hydrogen) atoms. The summed E-state index contributed by atoms with van der Waals surface area (Å²) in [5.74, 6) is -5.19.